The Balaban J connectivity index is 1.64. The number of halogens is 1. The highest BCUT2D eigenvalue weighted by atomic mass is 19.1. The number of likely N-dealkylation sites (tertiary alicyclic amines) is 1. The molecule has 0 N–H and O–H groups in total. The number of benzene rings is 1. The van der Waals surface area contributed by atoms with Crippen molar-refractivity contribution in [3.63, 3.8) is 0 Å². The van der Waals surface area contributed by atoms with Crippen molar-refractivity contribution < 1.29 is 13.9 Å². The predicted octanol–water partition coefficient (Wildman–Crippen LogP) is 2.36. The summed E-state index contributed by atoms with van der Waals surface area (Å²) in [7, 11) is 0. The number of ether oxygens (including phenoxy) is 1. The molecule has 2 heterocycles. The SMILES string of the molecule is O=C(COc1cccc(F)c1)N1CCC[C@H]1c1cnccn1. The highest BCUT2D eigenvalue weighted by Crippen LogP contribution is 2.30. The Morgan fingerprint density at radius 2 is 2.32 bits per heavy atom. The topological polar surface area (TPSA) is 55.3 Å². The van der Waals surface area contributed by atoms with E-state index in [4.69, 9.17) is 4.74 Å². The van der Waals surface area contributed by atoms with E-state index in [1.807, 2.05) is 0 Å². The summed E-state index contributed by atoms with van der Waals surface area (Å²) in [6.07, 6.45) is 6.71. The number of carbonyl (C=O) groups excluding carboxylic acids is 1. The predicted molar refractivity (Wildman–Crippen MR) is 77.6 cm³/mol. The van der Waals surface area contributed by atoms with Crippen molar-refractivity contribution in [1.29, 1.82) is 0 Å². The summed E-state index contributed by atoms with van der Waals surface area (Å²) in [5, 5.41) is 0. The molecule has 6 heteroatoms. The molecule has 0 unspecified atom stereocenters. The van der Waals surface area contributed by atoms with Crippen LogP contribution in [0.1, 0.15) is 24.6 Å². The summed E-state index contributed by atoms with van der Waals surface area (Å²) in [5.74, 6) is -0.162. The summed E-state index contributed by atoms with van der Waals surface area (Å²) in [6, 6.07) is 5.71. The Bertz CT molecular complexity index is 651. The zero-order valence-electron chi connectivity index (χ0n) is 12.0. The van der Waals surface area contributed by atoms with Crippen molar-refractivity contribution in [2.45, 2.75) is 18.9 Å². The van der Waals surface area contributed by atoms with E-state index >= 15 is 0 Å². The van der Waals surface area contributed by atoms with E-state index in [9.17, 15) is 9.18 Å². The van der Waals surface area contributed by atoms with Gasteiger partial charge < -0.3 is 9.64 Å². The molecule has 1 amide bonds. The summed E-state index contributed by atoms with van der Waals surface area (Å²) >= 11 is 0. The van der Waals surface area contributed by atoms with E-state index in [0.29, 0.717) is 12.3 Å². The van der Waals surface area contributed by atoms with Gasteiger partial charge in [0, 0.05) is 25.0 Å². The van der Waals surface area contributed by atoms with Gasteiger partial charge in [0.05, 0.1) is 17.9 Å². The fourth-order valence-corrected chi connectivity index (χ4v) is 2.64. The molecular formula is C16H16FN3O2. The van der Waals surface area contributed by atoms with Crippen LogP contribution in [0.25, 0.3) is 0 Å². The molecule has 0 bridgehead atoms. The van der Waals surface area contributed by atoms with Gasteiger partial charge in [-0.25, -0.2) is 4.39 Å². The summed E-state index contributed by atoms with van der Waals surface area (Å²) in [5.41, 5.74) is 0.791. The Kier molecular flexibility index (Phi) is 4.27. The van der Waals surface area contributed by atoms with Gasteiger partial charge in [0.15, 0.2) is 6.61 Å². The van der Waals surface area contributed by atoms with Gasteiger partial charge in [-0.2, -0.15) is 0 Å². The molecule has 2 aromatic rings. The molecule has 22 heavy (non-hydrogen) atoms. The average Bonchev–Trinajstić information content (AvgIpc) is 3.03. The van der Waals surface area contributed by atoms with Crippen LogP contribution in [-0.2, 0) is 4.79 Å². The number of carbonyl (C=O) groups is 1. The van der Waals surface area contributed by atoms with Crippen LogP contribution in [0.4, 0.5) is 4.39 Å². The van der Waals surface area contributed by atoms with Crippen LogP contribution in [0, 0.1) is 5.82 Å². The minimum absolute atomic E-state index is 0.0580. The molecule has 0 saturated carbocycles. The first-order valence-electron chi connectivity index (χ1n) is 7.18. The number of hydrogen-bond donors (Lipinski definition) is 0. The molecule has 1 fully saturated rings. The van der Waals surface area contributed by atoms with Crippen LogP contribution in [0.5, 0.6) is 5.75 Å². The van der Waals surface area contributed by atoms with Gasteiger partial charge in [-0.1, -0.05) is 6.07 Å². The highest BCUT2D eigenvalue weighted by Gasteiger charge is 2.31. The maximum atomic E-state index is 13.1. The normalized spacial score (nSPS) is 17.5. The highest BCUT2D eigenvalue weighted by molar-refractivity contribution is 5.78. The average molecular weight is 301 g/mol. The minimum Gasteiger partial charge on any atom is -0.484 e. The first kappa shape index (κ1) is 14.4. The third-order valence-corrected chi connectivity index (χ3v) is 3.66. The van der Waals surface area contributed by atoms with Crippen molar-refractivity contribution in [3.8, 4) is 5.75 Å². The quantitative estimate of drug-likeness (QED) is 0.870. The van der Waals surface area contributed by atoms with Gasteiger partial charge in [-0.15, -0.1) is 0 Å². The third-order valence-electron chi connectivity index (χ3n) is 3.66. The number of amides is 1. The van der Waals surface area contributed by atoms with Crippen LogP contribution in [0.3, 0.4) is 0 Å². The molecule has 1 saturated heterocycles. The van der Waals surface area contributed by atoms with Gasteiger partial charge in [-0.3, -0.25) is 14.8 Å². The molecule has 114 valence electrons. The molecule has 1 aromatic heterocycles. The zero-order chi connectivity index (χ0) is 15.4. The second-order valence-electron chi connectivity index (χ2n) is 5.12. The lowest BCUT2D eigenvalue weighted by molar-refractivity contribution is -0.134. The van der Waals surface area contributed by atoms with Crippen molar-refractivity contribution in [2.75, 3.05) is 13.2 Å². The summed E-state index contributed by atoms with van der Waals surface area (Å²) in [6.45, 7) is 0.562. The van der Waals surface area contributed by atoms with Crippen molar-refractivity contribution in [3.05, 3.63) is 54.4 Å². The van der Waals surface area contributed by atoms with Crippen LogP contribution in [0.2, 0.25) is 0 Å². The zero-order valence-corrected chi connectivity index (χ0v) is 12.0. The smallest absolute Gasteiger partial charge is 0.261 e. The maximum Gasteiger partial charge on any atom is 0.261 e. The number of hydrogen-bond acceptors (Lipinski definition) is 4. The maximum absolute atomic E-state index is 13.1. The molecule has 1 aromatic carbocycles. The van der Waals surface area contributed by atoms with Crippen LogP contribution in [-0.4, -0.2) is 33.9 Å². The Labute approximate surface area is 127 Å². The van der Waals surface area contributed by atoms with Gasteiger partial charge >= 0.3 is 0 Å². The lowest BCUT2D eigenvalue weighted by Crippen LogP contribution is -2.34. The Hall–Kier alpha value is -2.50. The Morgan fingerprint density at radius 1 is 1.41 bits per heavy atom. The largest absolute Gasteiger partial charge is 0.484 e. The van der Waals surface area contributed by atoms with Gasteiger partial charge in [0.1, 0.15) is 11.6 Å². The monoisotopic (exact) mass is 301 g/mol. The number of rotatable bonds is 4. The molecule has 1 aliphatic rings. The van der Waals surface area contributed by atoms with Crippen LogP contribution >= 0.6 is 0 Å². The molecule has 0 radical (unpaired) electrons. The lowest BCUT2D eigenvalue weighted by Gasteiger charge is -2.24. The van der Waals surface area contributed by atoms with E-state index in [0.717, 1.165) is 18.5 Å². The Morgan fingerprint density at radius 3 is 3.09 bits per heavy atom. The van der Waals surface area contributed by atoms with Crippen LogP contribution in [0.15, 0.2) is 42.9 Å². The van der Waals surface area contributed by atoms with Gasteiger partial charge in [0.2, 0.25) is 0 Å². The second-order valence-corrected chi connectivity index (χ2v) is 5.12. The fourth-order valence-electron chi connectivity index (χ4n) is 2.64. The van der Waals surface area contributed by atoms with E-state index < -0.39 is 0 Å². The lowest BCUT2D eigenvalue weighted by atomic mass is 10.1. The summed E-state index contributed by atoms with van der Waals surface area (Å²) in [4.78, 5) is 22.4. The molecule has 0 aliphatic carbocycles. The second kappa shape index (κ2) is 6.51. The van der Waals surface area contributed by atoms with E-state index in [1.54, 1.807) is 35.6 Å². The molecule has 3 rings (SSSR count). The summed E-state index contributed by atoms with van der Waals surface area (Å²) < 4.78 is 18.5. The molecular weight excluding hydrogens is 285 g/mol. The van der Waals surface area contributed by atoms with E-state index in [-0.39, 0.29) is 24.4 Å². The van der Waals surface area contributed by atoms with Crippen molar-refractivity contribution in [1.82, 2.24) is 14.9 Å². The van der Waals surface area contributed by atoms with Crippen LogP contribution < -0.4 is 4.74 Å². The first-order valence-corrected chi connectivity index (χ1v) is 7.18. The molecule has 1 atom stereocenters. The van der Waals surface area contributed by atoms with E-state index in [1.165, 1.54) is 12.1 Å². The third kappa shape index (κ3) is 3.21. The standard InChI is InChI=1S/C16H16FN3O2/c17-12-3-1-4-13(9-12)22-11-16(21)20-8-2-5-15(20)14-10-18-6-7-19-14/h1,3-4,6-7,9-10,15H,2,5,8,11H2/t15-/m0/s1. The fraction of sp³-hybridized carbons (Fsp3) is 0.312. The first-order chi connectivity index (χ1) is 10.7. The molecule has 0 spiro atoms. The van der Waals surface area contributed by atoms with Gasteiger partial charge in [0.25, 0.3) is 5.91 Å². The van der Waals surface area contributed by atoms with Gasteiger partial charge in [-0.05, 0) is 25.0 Å². The minimum atomic E-state index is -0.386. The van der Waals surface area contributed by atoms with Crippen molar-refractivity contribution >= 4 is 5.91 Å². The molecule has 5 nitrogen and oxygen atoms in total. The van der Waals surface area contributed by atoms with Crippen molar-refractivity contribution in [2.24, 2.45) is 0 Å². The van der Waals surface area contributed by atoms with E-state index in [2.05, 4.69) is 9.97 Å². The molecule has 1 aliphatic heterocycles. The number of aromatic nitrogens is 2. The number of nitrogens with zero attached hydrogens (tertiary/aromatic N) is 3.